The van der Waals surface area contributed by atoms with E-state index in [1.807, 2.05) is 0 Å². The van der Waals surface area contributed by atoms with E-state index in [1.165, 1.54) is 64.3 Å². The molecule has 0 aliphatic rings. The first-order valence-corrected chi connectivity index (χ1v) is 7.46. The van der Waals surface area contributed by atoms with E-state index in [4.69, 9.17) is 0 Å². The van der Waals surface area contributed by atoms with Crippen LogP contribution in [0.2, 0.25) is 0 Å². The van der Waals surface area contributed by atoms with Crippen molar-refractivity contribution in [1.82, 2.24) is 4.90 Å². The molecule has 1 heteroatoms. The maximum Gasteiger partial charge on any atom is 0.00895 e. The first kappa shape index (κ1) is 16.0. The van der Waals surface area contributed by atoms with Gasteiger partial charge >= 0.3 is 0 Å². The number of hydrogen-bond acceptors (Lipinski definition) is 1. The Balaban J connectivity index is 3.54. The molecule has 0 aromatic carbocycles. The maximum atomic E-state index is 2.58. The normalized spacial score (nSPS) is 13.3. The second-order valence-corrected chi connectivity index (χ2v) is 5.10. The summed E-state index contributed by atoms with van der Waals surface area (Å²) in [6, 6.07) is 0.825. The van der Waals surface area contributed by atoms with E-state index in [9.17, 15) is 0 Å². The zero-order chi connectivity index (χ0) is 12.2. The number of hydrogen-bond donors (Lipinski definition) is 0. The molecule has 0 radical (unpaired) electrons. The van der Waals surface area contributed by atoms with Crippen molar-refractivity contribution in [2.45, 2.75) is 84.6 Å². The molecule has 1 atom stereocenters. The zero-order valence-corrected chi connectivity index (χ0v) is 12.1. The minimum absolute atomic E-state index is 0.825. The van der Waals surface area contributed by atoms with Gasteiger partial charge in [-0.05, 0) is 32.9 Å². The van der Waals surface area contributed by atoms with Crippen molar-refractivity contribution in [3.8, 4) is 0 Å². The third kappa shape index (κ3) is 8.15. The highest BCUT2D eigenvalue weighted by molar-refractivity contribution is 4.67. The second kappa shape index (κ2) is 11.4. The average Bonchev–Trinajstić information content (AvgIpc) is 2.30. The zero-order valence-electron chi connectivity index (χ0n) is 12.1. The van der Waals surface area contributed by atoms with Crippen molar-refractivity contribution >= 4 is 0 Å². The van der Waals surface area contributed by atoms with Gasteiger partial charge in [-0.1, -0.05) is 59.3 Å². The fourth-order valence-electron chi connectivity index (χ4n) is 2.32. The highest BCUT2D eigenvalue weighted by atomic mass is 15.1. The van der Waals surface area contributed by atoms with Gasteiger partial charge in [-0.25, -0.2) is 0 Å². The molecule has 0 N–H and O–H groups in total. The Morgan fingerprint density at radius 2 is 1.44 bits per heavy atom. The summed E-state index contributed by atoms with van der Waals surface area (Å²) < 4.78 is 0. The molecular formula is C15H33N. The van der Waals surface area contributed by atoms with Crippen molar-refractivity contribution in [1.29, 1.82) is 0 Å². The van der Waals surface area contributed by atoms with Gasteiger partial charge in [0.25, 0.3) is 0 Å². The average molecular weight is 227 g/mol. The SMILES string of the molecule is CCCCCCCN(C)C(CC)CCCC. The summed E-state index contributed by atoms with van der Waals surface area (Å²) in [5.74, 6) is 0. The summed E-state index contributed by atoms with van der Waals surface area (Å²) >= 11 is 0. The summed E-state index contributed by atoms with van der Waals surface area (Å²) in [6.07, 6.45) is 12.4. The lowest BCUT2D eigenvalue weighted by atomic mass is 10.1. The van der Waals surface area contributed by atoms with E-state index < -0.39 is 0 Å². The first-order valence-electron chi connectivity index (χ1n) is 7.46. The Morgan fingerprint density at radius 3 is 2.00 bits per heavy atom. The Bertz CT molecular complexity index is 133. The lowest BCUT2D eigenvalue weighted by Crippen LogP contribution is -2.32. The van der Waals surface area contributed by atoms with Crippen LogP contribution in [0.4, 0.5) is 0 Å². The summed E-state index contributed by atoms with van der Waals surface area (Å²) in [7, 11) is 2.31. The highest BCUT2D eigenvalue weighted by Crippen LogP contribution is 2.12. The van der Waals surface area contributed by atoms with Crippen molar-refractivity contribution in [2.24, 2.45) is 0 Å². The minimum atomic E-state index is 0.825. The van der Waals surface area contributed by atoms with E-state index in [1.54, 1.807) is 0 Å². The molecule has 0 aliphatic heterocycles. The molecule has 0 aliphatic carbocycles. The molecule has 0 fully saturated rings. The van der Waals surface area contributed by atoms with Crippen LogP contribution in [-0.4, -0.2) is 24.5 Å². The summed E-state index contributed by atoms with van der Waals surface area (Å²) in [5.41, 5.74) is 0. The van der Waals surface area contributed by atoms with Crippen molar-refractivity contribution in [3.63, 3.8) is 0 Å². The molecule has 0 saturated heterocycles. The molecule has 0 aromatic heterocycles. The van der Waals surface area contributed by atoms with Gasteiger partial charge in [-0.2, -0.15) is 0 Å². The molecule has 1 nitrogen and oxygen atoms in total. The molecule has 1 unspecified atom stereocenters. The van der Waals surface area contributed by atoms with Crippen LogP contribution in [0.25, 0.3) is 0 Å². The Labute approximate surface area is 104 Å². The van der Waals surface area contributed by atoms with Gasteiger partial charge in [-0.15, -0.1) is 0 Å². The molecule has 98 valence electrons. The smallest absolute Gasteiger partial charge is 0.00895 e. The highest BCUT2D eigenvalue weighted by Gasteiger charge is 2.10. The van der Waals surface area contributed by atoms with Gasteiger partial charge < -0.3 is 4.90 Å². The van der Waals surface area contributed by atoms with Crippen LogP contribution in [0.15, 0.2) is 0 Å². The number of nitrogens with zero attached hydrogens (tertiary/aromatic N) is 1. The molecule has 0 spiro atoms. The van der Waals surface area contributed by atoms with Gasteiger partial charge in [0.05, 0.1) is 0 Å². The summed E-state index contributed by atoms with van der Waals surface area (Å²) in [5, 5.41) is 0. The lowest BCUT2D eigenvalue weighted by molar-refractivity contribution is 0.216. The molecule has 0 aromatic rings. The maximum absolute atomic E-state index is 2.58. The quantitative estimate of drug-likeness (QED) is 0.456. The van der Waals surface area contributed by atoms with Gasteiger partial charge in [0.15, 0.2) is 0 Å². The van der Waals surface area contributed by atoms with Gasteiger partial charge in [0.1, 0.15) is 0 Å². The van der Waals surface area contributed by atoms with Crippen molar-refractivity contribution in [2.75, 3.05) is 13.6 Å². The van der Waals surface area contributed by atoms with E-state index >= 15 is 0 Å². The molecule has 0 rings (SSSR count). The minimum Gasteiger partial charge on any atom is -0.303 e. The Hall–Kier alpha value is -0.0400. The van der Waals surface area contributed by atoms with Crippen molar-refractivity contribution in [3.05, 3.63) is 0 Å². The van der Waals surface area contributed by atoms with Crippen LogP contribution in [0.1, 0.15) is 78.6 Å². The van der Waals surface area contributed by atoms with Crippen molar-refractivity contribution < 1.29 is 0 Å². The monoisotopic (exact) mass is 227 g/mol. The molecule has 0 heterocycles. The third-order valence-corrected chi connectivity index (χ3v) is 3.60. The fraction of sp³-hybridized carbons (Fsp3) is 1.00. The van der Waals surface area contributed by atoms with Crippen LogP contribution in [0, 0.1) is 0 Å². The molecule has 0 bridgehead atoms. The van der Waals surface area contributed by atoms with Gasteiger partial charge in [0.2, 0.25) is 0 Å². The summed E-state index contributed by atoms with van der Waals surface area (Å²) in [6.45, 7) is 8.20. The Morgan fingerprint density at radius 1 is 0.812 bits per heavy atom. The topological polar surface area (TPSA) is 3.24 Å². The van der Waals surface area contributed by atoms with Crippen LogP contribution >= 0.6 is 0 Å². The van der Waals surface area contributed by atoms with Gasteiger partial charge in [-0.3, -0.25) is 0 Å². The van der Waals surface area contributed by atoms with Crippen LogP contribution in [0.3, 0.4) is 0 Å². The van der Waals surface area contributed by atoms with E-state index in [0.29, 0.717) is 0 Å². The lowest BCUT2D eigenvalue weighted by Gasteiger charge is -2.27. The van der Waals surface area contributed by atoms with E-state index in [-0.39, 0.29) is 0 Å². The molecule has 16 heavy (non-hydrogen) atoms. The predicted octanol–water partition coefficient (Wildman–Crippen LogP) is 4.86. The number of rotatable bonds is 11. The van der Waals surface area contributed by atoms with Crippen LogP contribution < -0.4 is 0 Å². The second-order valence-electron chi connectivity index (χ2n) is 5.10. The fourth-order valence-corrected chi connectivity index (χ4v) is 2.32. The molecule has 0 amide bonds. The largest absolute Gasteiger partial charge is 0.303 e. The predicted molar refractivity (Wildman–Crippen MR) is 75.0 cm³/mol. The number of unbranched alkanes of at least 4 members (excludes halogenated alkanes) is 5. The Kier molecular flexibility index (Phi) is 11.4. The first-order chi connectivity index (χ1) is 7.76. The van der Waals surface area contributed by atoms with E-state index in [0.717, 1.165) is 6.04 Å². The van der Waals surface area contributed by atoms with Crippen LogP contribution in [-0.2, 0) is 0 Å². The van der Waals surface area contributed by atoms with Gasteiger partial charge in [0, 0.05) is 6.04 Å². The molecule has 0 saturated carbocycles. The standard InChI is InChI=1S/C15H33N/c1-5-8-10-11-12-14-16(4)15(7-3)13-9-6-2/h15H,5-14H2,1-4H3. The summed E-state index contributed by atoms with van der Waals surface area (Å²) in [4.78, 5) is 2.58. The third-order valence-electron chi connectivity index (χ3n) is 3.60. The molecular weight excluding hydrogens is 194 g/mol. The van der Waals surface area contributed by atoms with E-state index in [2.05, 4.69) is 32.7 Å². The van der Waals surface area contributed by atoms with Crippen LogP contribution in [0.5, 0.6) is 0 Å².